The Bertz CT molecular complexity index is 1030. The summed E-state index contributed by atoms with van der Waals surface area (Å²) in [6, 6.07) is 17.3. The molecule has 0 atom stereocenters. The molecular weight excluding hydrogens is 346 g/mol. The summed E-state index contributed by atoms with van der Waals surface area (Å²) in [5.74, 6) is 4.26. The summed E-state index contributed by atoms with van der Waals surface area (Å²) in [5, 5.41) is 0.837. The van der Waals surface area contributed by atoms with E-state index in [0.29, 0.717) is 17.4 Å². The Morgan fingerprint density at radius 1 is 1.00 bits per heavy atom. The van der Waals surface area contributed by atoms with Gasteiger partial charge in [0, 0.05) is 12.1 Å². The minimum absolute atomic E-state index is 0.479. The predicted octanol–water partition coefficient (Wildman–Crippen LogP) is 4.33. The van der Waals surface area contributed by atoms with Crippen LogP contribution in [-0.4, -0.2) is 19.9 Å². The topological polar surface area (TPSA) is 89.7 Å². The van der Waals surface area contributed by atoms with E-state index in [1.54, 1.807) is 17.8 Å². The SMILES string of the molecule is Cc1nc(N)cc(SCc2nc3ccc(Oc4ccccc4)cc3[nH]2)n1. The van der Waals surface area contributed by atoms with Crippen molar-refractivity contribution in [2.45, 2.75) is 17.7 Å². The molecule has 6 nitrogen and oxygen atoms in total. The zero-order chi connectivity index (χ0) is 17.9. The van der Waals surface area contributed by atoms with Crippen LogP contribution in [0.2, 0.25) is 0 Å². The molecule has 4 rings (SSSR count). The highest BCUT2D eigenvalue weighted by Gasteiger charge is 2.07. The maximum atomic E-state index is 5.87. The third-order valence-corrected chi connectivity index (χ3v) is 4.60. The number of aromatic amines is 1. The molecule has 26 heavy (non-hydrogen) atoms. The maximum Gasteiger partial charge on any atom is 0.129 e. The lowest BCUT2D eigenvalue weighted by Gasteiger charge is -2.04. The van der Waals surface area contributed by atoms with E-state index >= 15 is 0 Å². The number of nitrogens with zero attached hydrogens (tertiary/aromatic N) is 3. The summed E-state index contributed by atoms with van der Waals surface area (Å²) in [6.07, 6.45) is 0. The van der Waals surface area contributed by atoms with Crippen LogP contribution >= 0.6 is 11.8 Å². The number of hydrogen-bond acceptors (Lipinski definition) is 6. The molecule has 2 aromatic heterocycles. The van der Waals surface area contributed by atoms with Gasteiger partial charge in [0.05, 0.1) is 16.8 Å². The number of fused-ring (bicyclic) bond motifs is 1. The van der Waals surface area contributed by atoms with Crippen molar-refractivity contribution in [2.75, 3.05) is 5.73 Å². The van der Waals surface area contributed by atoms with Crippen molar-refractivity contribution in [1.29, 1.82) is 0 Å². The molecule has 3 N–H and O–H groups in total. The number of nitrogens with two attached hydrogens (primary N) is 1. The van der Waals surface area contributed by atoms with Gasteiger partial charge < -0.3 is 15.5 Å². The molecule has 0 aliphatic carbocycles. The number of imidazole rings is 1. The molecule has 130 valence electrons. The van der Waals surface area contributed by atoms with Crippen molar-refractivity contribution >= 4 is 28.6 Å². The van der Waals surface area contributed by atoms with Gasteiger partial charge in [-0.05, 0) is 31.2 Å². The van der Waals surface area contributed by atoms with Gasteiger partial charge in [0.2, 0.25) is 0 Å². The normalized spacial score (nSPS) is 11.0. The fourth-order valence-electron chi connectivity index (χ4n) is 2.58. The fraction of sp³-hybridized carbons (Fsp3) is 0.105. The first kappa shape index (κ1) is 16.4. The number of para-hydroxylation sites is 1. The van der Waals surface area contributed by atoms with Crippen molar-refractivity contribution in [3.63, 3.8) is 0 Å². The van der Waals surface area contributed by atoms with E-state index in [-0.39, 0.29) is 0 Å². The monoisotopic (exact) mass is 363 g/mol. The van der Waals surface area contributed by atoms with Crippen molar-refractivity contribution < 1.29 is 4.74 Å². The second kappa shape index (κ2) is 7.05. The number of nitrogen functional groups attached to an aromatic ring is 1. The molecule has 7 heteroatoms. The minimum atomic E-state index is 0.479. The molecule has 0 spiro atoms. The smallest absolute Gasteiger partial charge is 0.129 e. The average Bonchev–Trinajstić information content (AvgIpc) is 3.02. The standard InChI is InChI=1S/C19H17N5OS/c1-12-21-17(20)10-19(22-12)26-11-18-23-15-8-7-14(9-16(15)24-18)25-13-5-3-2-4-6-13/h2-10H,11H2,1H3,(H,23,24)(H2,20,21,22). The summed E-state index contributed by atoms with van der Waals surface area (Å²) >= 11 is 1.57. The number of benzene rings is 2. The van der Waals surface area contributed by atoms with Crippen molar-refractivity contribution in [3.05, 3.63) is 66.2 Å². The molecule has 2 aromatic carbocycles. The molecule has 2 heterocycles. The van der Waals surface area contributed by atoms with Crippen LogP contribution in [-0.2, 0) is 5.75 Å². The zero-order valence-corrected chi connectivity index (χ0v) is 15.0. The van der Waals surface area contributed by atoms with Gasteiger partial charge >= 0.3 is 0 Å². The lowest BCUT2D eigenvalue weighted by atomic mass is 10.3. The number of aryl methyl sites for hydroxylation is 1. The molecular formula is C19H17N5OS. The van der Waals surface area contributed by atoms with Gasteiger partial charge in [-0.2, -0.15) is 0 Å². The number of hydrogen-bond donors (Lipinski definition) is 2. The van der Waals surface area contributed by atoms with Crippen LogP contribution in [0.15, 0.2) is 59.6 Å². The summed E-state index contributed by atoms with van der Waals surface area (Å²) in [4.78, 5) is 16.4. The Morgan fingerprint density at radius 2 is 1.85 bits per heavy atom. The Morgan fingerprint density at radius 3 is 2.65 bits per heavy atom. The summed E-state index contributed by atoms with van der Waals surface area (Å²) in [5.41, 5.74) is 7.61. The maximum absolute atomic E-state index is 5.87. The summed E-state index contributed by atoms with van der Waals surface area (Å²) in [6.45, 7) is 1.83. The van der Waals surface area contributed by atoms with E-state index in [1.807, 2.05) is 55.5 Å². The quantitative estimate of drug-likeness (QED) is 0.405. The van der Waals surface area contributed by atoms with E-state index in [4.69, 9.17) is 10.5 Å². The minimum Gasteiger partial charge on any atom is -0.457 e. The van der Waals surface area contributed by atoms with Gasteiger partial charge in [0.15, 0.2) is 0 Å². The molecule has 0 aliphatic rings. The Kier molecular flexibility index (Phi) is 4.45. The molecule has 0 amide bonds. The number of nitrogens with one attached hydrogen (secondary N) is 1. The highest BCUT2D eigenvalue weighted by molar-refractivity contribution is 7.98. The van der Waals surface area contributed by atoms with Crippen LogP contribution in [0.5, 0.6) is 11.5 Å². The number of aromatic nitrogens is 4. The number of thioether (sulfide) groups is 1. The molecule has 0 aliphatic heterocycles. The predicted molar refractivity (Wildman–Crippen MR) is 103 cm³/mol. The van der Waals surface area contributed by atoms with Gasteiger partial charge in [0.1, 0.15) is 34.0 Å². The van der Waals surface area contributed by atoms with E-state index in [0.717, 1.165) is 33.4 Å². The number of ether oxygens (including phenoxy) is 1. The second-order valence-electron chi connectivity index (χ2n) is 5.74. The van der Waals surface area contributed by atoms with Crippen molar-refractivity contribution in [2.24, 2.45) is 0 Å². The van der Waals surface area contributed by atoms with Gasteiger partial charge in [-0.15, -0.1) is 0 Å². The summed E-state index contributed by atoms with van der Waals surface area (Å²) < 4.78 is 5.87. The van der Waals surface area contributed by atoms with Gasteiger partial charge in [-0.1, -0.05) is 30.0 Å². The summed E-state index contributed by atoms with van der Waals surface area (Å²) in [7, 11) is 0. The lowest BCUT2D eigenvalue weighted by Crippen LogP contribution is -1.96. The highest BCUT2D eigenvalue weighted by Crippen LogP contribution is 2.26. The third-order valence-electron chi connectivity index (χ3n) is 3.67. The Labute approximate surface area is 154 Å². The molecule has 0 saturated heterocycles. The molecule has 0 fully saturated rings. The molecule has 0 unspecified atom stereocenters. The van der Waals surface area contributed by atoms with E-state index in [2.05, 4.69) is 19.9 Å². The first-order chi connectivity index (χ1) is 12.7. The van der Waals surface area contributed by atoms with E-state index < -0.39 is 0 Å². The van der Waals surface area contributed by atoms with Crippen molar-refractivity contribution in [3.8, 4) is 11.5 Å². The van der Waals surface area contributed by atoms with E-state index in [1.165, 1.54) is 0 Å². The average molecular weight is 363 g/mol. The van der Waals surface area contributed by atoms with Crippen LogP contribution in [0.4, 0.5) is 5.82 Å². The van der Waals surface area contributed by atoms with Crippen LogP contribution in [0, 0.1) is 6.92 Å². The Hall–Kier alpha value is -3.06. The molecule has 4 aromatic rings. The van der Waals surface area contributed by atoms with Gasteiger partial charge in [-0.3, -0.25) is 0 Å². The van der Waals surface area contributed by atoms with Crippen LogP contribution in [0.1, 0.15) is 11.6 Å². The number of rotatable bonds is 5. The Balaban J connectivity index is 1.50. The first-order valence-corrected chi connectivity index (χ1v) is 9.10. The molecule has 0 bridgehead atoms. The van der Waals surface area contributed by atoms with Crippen LogP contribution in [0.25, 0.3) is 11.0 Å². The third kappa shape index (κ3) is 3.78. The molecule has 0 saturated carbocycles. The van der Waals surface area contributed by atoms with Gasteiger partial charge in [-0.25, -0.2) is 15.0 Å². The largest absolute Gasteiger partial charge is 0.457 e. The lowest BCUT2D eigenvalue weighted by molar-refractivity contribution is 0.483. The number of H-pyrrole nitrogens is 1. The first-order valence-electron chi connectivity index (χ1n) is 8.11. The second-order valence-corrected chi connectivity index (χ2v) is 6.74. The fourth-order valence-corrected chi connectivity index (χ4v) is 3.40. The number of anilines is 1. The zero-order valence-electron chi connectivity index (χ0n) is 14.1. The van der Waals surface area contributed by atoms with Gasteiger partial charge in [0.25, 0.3) is 0 Å². The van der Waals surface area contributed by atoms with E-state index in [9.17, 15) is 0 Å². The van der Waals surface area contributed by atoms with Crippen molar-refractivity contribution in [1.82, 2.24) is 19.9 Å². The highest BCUT2D eigenvalue weighted by atomic mass is 32.2. The van der Waals surface area contributed by atoms with Crippen LogP contribution < -0.4 is 10.5 Å². The van der Waals surface area contributed by atoms with Crippen LogP contribution in [0.3, 0.4) is 0 Å². The molecule has 0 radical (unpaired) electrons.